The molecule has 1 aliphatic rings. The predicted octanol–water partition coefficient (Wildman–Crippen LogP) is 0.487. The van der Waals surface area contributed by atoms with Gasteiger partial charge in [0.05, 0.1) is 5.92 Å². The summed E-state index contributed by atoms with van der Waals surface area (Å²) in [7, 11) is 2.05. The number of likely N-dealkylation sites (tertiary alicyclic amines) is 1. The first-order valence-electron chi connectivity index (χ1n) is 4.09. The van der Waals surface area contributed by atoms with Crippen LogP contribution in [-0.4, -0.2) is 37.7 Å². The van der Waals surface area contributed by atoms with E-state index in [9.17, 15) is 4.79 Å². The number of oxime groups is 1. The highest BCUT2D eigenvalue weighted by atomic mass is 16.7. The van der Waals surface area contributed by atoms with E-state index in [4.69, 9.17) is 0 Å². The van der Waals surface area contributed by atoms with Crippen LogP contribution in [0.2, 0.25) is 0 Å². The van der Waals surface area contributed by atoms with Crippen LogP contribution >= 0.6 is 0 Å². The van der Waals surface area contributed by atoms with Crippen LogP contribution in [0.5, 0.6) is 0 Å². The number of carbonyl (C=O) groups excluding carboxylic acids is 1. The fourth-order valence-electron chi connectivity index (χ4n) is 1.38. The van der Waals surface area contributed by atoms with Crippen LogP contribution in [0.25, 0.3) is 0 Å². The van der Waals surface area contributed by atoms with Crippen LogP contribution in [-0.2, 0) is 9.63 Å². The van der Waals surface area contributed by atoms with Gasteiger partial charge in [0.1, 0.15) is 0 Å². The maximum atomic E-state index is 11.1. The molecule has 1 heterocycles. The van der Waals surface area contributed by atoms with Gasteiger partial charge >= 0.3 is 5.97 Å². The second-order valence-electron chi connectivity index (χ2n) is 3.12. The van der Waals surface area contributed by atoms with Gasteiger partial charge in [-0.05, 0) is 33.0 Å². The van der Waals surface area contributed by atoms with E-state index in [0.717, 1.165) is 25.9 Å². The lowest BCUT2D eigenvalue weighted by Gasteiger charge is -2.26. The summed E-state index contributed by atoms with van der Waals surface area (Å²) in [6.07, 6.45) is 1.73. The number of hydrogen-bond acceptors (Lipinski definition) is 4. The van der Waals surface area contributed by atoms with E-state index < -0.39 is 0 Å². The van der Waals surface area contributed by atoms with Crippen molar-refractivity contribution in [3.05, 3.63) is 0 Å². The molecule has 1 fully saturated rings. The molecule has 1 saturated heterocycles. The lowest BCUT2D eigenvalue weighted by molar-refractivity contribution is -0.149. The molecule has 0 aromatic carbocycles. The monoisotopic (exact) mass is 170 g/mol. The van der Waals surface area contributed by atoms with Crippen LogP contribution in [0.4, 0.5) is 0 Å². The summed E-state index contributed by atoms with van der Waals surface area (Å²) in [6.45, 7) is 5.02. The first-order valence-corrected chi connectivity index (χ1v) is 4.09. The molecule has 0 bridgehead atoms. The Balaban J connectivity index is 2.33. The van der Waals surface area contributed by atoms with E-state index in [1.165, 1.54) is 0 Å². The Morgan fingerprint density at radius 2 is 2.17 bits per heavy atom. The summed E-state index contributed by atoms with van der Waals surface area (Å²) in [6, 6.07) is 0. The Morgan fingerprint density at radius 1 is 1.58 bits per heavy atom. The molecule has 0 N–H and O–H groups in total. The molecule has 0 radical (unpaired) electrons. The van der Waals surface area contributed by atoms with Crippen molar-refractivity contribution in [2.75, 3.05) is 20.1 Å². The molecule has 0 amide bonds. The van der Waals surface area contributed by atoms with E-state index in [2.05, 4.69) is 21.6 Å². The molecule has 0 aromatic heterocycles. The second kappa shape index (κ2) is 4.21. The predicted molar refractivity (Wildman–Crippen MR) is 45.9 cm³/mol. The molecule has 0 atom stereocenters. The van der Waals surface area contributed by atoms with Crippen LogP contribution < -0.4 is 0 Å². The third kappa shape index (κ3) is 2.30. The summed E-state index contributed by atoms with van der Waals surface area (Å²) in [5.41, 5.74) is 0. The zero-order valence-electron chi connectivity index (χ0n) is 7.32. The maximum absolute atomic E-state index is 11.1. The minimum atomic E-state index is -0.238. The molecule has 0 unspecified atom stereocenters. The third-order valence-corrected chi connectivity index (χ3v) is 2.21. The third-order valence-electron chi connectivity index (χ3n) is 2.21. The highest BCUT2D eigenvalue weighted by molar-refractivity contribution is 5.72. The van der Waals surface area contributed by atoms with Gasteiger partial charge in [0.15, 0.2) is 0 Å². The molecule has 0 spiro atoms. The molecule has 0 aliphatic carbocycles. The lowest BCUT2D eigenvalue weighted by atomic mass is 9.98. The van der Waals surface area contributed by atoms with Crippen molar-refractivity contribution in [2.24, 2.45) is 11.1 Å². The standard InChI is InChI=1S/C8H14N2O2/c1-9-12-8(11)7-3-5-10(2)6-4-7/h7H,1,3-6H2,2H3. The zero-order chi connectivity index (χ0) is 8.97. The highest BCUT2D eigenvalue weighted by Gasteiger charge is 2.24. The maximum Gasteiger partial charge on any atom is 0.338 e. The van der Waals surface area contributed by atoms with E-state index in [-0.39, 0.29) is 11.9 Å². The zero-order valence-corrected chi connectivity index (χ0v) is 7.32. The molecular formula is C8H14N2O2. The van der Waals surface area contributed by atoms with Crippen LogP contribution in [0, 0.1) is 5.92 Å². The molecule has 0 aromatic rings. The Hall–Kier alpha value is -0.900. The second-order valence-corrected chi connectivity index (χ2v) is 3.12. The summed E-state index contributed by atoms with van der Waals surface area (Å²) >= 11 is 0. The number of piperidine rings is 1. The van der Waals surface area contributed by atoms with Crippen molar-refractivity contribution >= 4 is 12.7 Å². The first kappa shape index (κ1) is 9.19. The van der Waals surface area contributed by atoms with Crippen molar-refractivity contribution in [3.8, 4) is 0 Å². The quantitative estimate of drug-likeness (QED) is 0.344. The average Bonchev–Trinajstić information content (AvgIpc) is 2.06. The van der Waals surface area contributed by atoms with Gasteiger partial charge in [-0.2, -0.15) is 0 Å². The molecule has 68 valence electrons. The first-order chi connectivity index (χ1) is 5.74. The largest absolute Gasteiger partial charge is 0.338 e. The van der Waals surface area contributed by atoms with Gasteiger partial charge in [0, 0.05) is 6.72 Å². The molecule has 12 heavy (non-hydrogen) atoms. The van der Waals surface area contributed by atoms with Gasteiger partial charge in [-0.15, -0.1) is 0 Å². The fourth-order valence-corrected chi connectivity index (χ4v) is 1.38. The topological polar surface area (TPSA) is 41.9 Å². The molecule has 1 aliphatic heterocycles. The van der Waals surface area contributed by atoms with Crippen molar-refractivity contribution in [3.63, 3.8) is 0 Å². The Labute approximate surface area is 72.2 Å². The Bertz CT molecular complexity index is 174. The van der Waals surface area contributed by atoms with Gasteiger partial charge in [-0.3, -0.25) is 0 Å². The minimum absolute atomic E-state index is 0.0201. The molecular weight excluding hydrogens is 156 g/mol. The van der Waals surface area contributed by atoms with E-state index in [0.29, 0.717) is 0 Å². The van der Waals surface area contributed by atoms with Crippen LogP contribution in [0.1, 0.15) is 12.8 Å². The number of hydrogen-bond donors (Lipinski definition) is 0. The van der Waals surface area contributed by atoms with Gasteiger partial charge in [-0.25, -0.2) is 4.79 Å². The lowest BCUT2D eigenvalue weighted by Crippen LogP contribution is -2.33. The fraction of sp³-hybridized carbons (Fsp3) is 0.750. The van der Waals surface area contributed by atoms with E-state index >= 15 is 0 Å². The molecule has 4 heteroatoms. The smallest absolute Gasteiger partial charge is 0.319 e. The Kier molecular flexibility index (Phi) is 3.22. The van der Waals surface area contributed by atoms with E-state index in [1.54, 1.807) is 0 Å². The summed E-state index contributed by atoms with van der Waals surface area (Å²) in [4.78, 5) is 17.8. The summed E-state index contributed by atoms with van der Waals surface area (Å²) < 4.78 is 0. The van der Waals surface area contributed by atoms with E-state index in [1.807, 2.05) is 7.05 Å². The normalized spacial score (nSPS) is 20.4. The minimum Gasteiger partial charge on any atom is -0.319 e. The highest BCUT2D eigenvalue weighted by Crippen LogP contribution is 2.17. The van der Waals surface area contributed by atoms with Gasteiger partial charge < -0.3 is 9.74 Å². The van der Waals surface area contributed by atoms with Gasteiger partial charge in [0.2, 0.25) is 0 Å². The van der Waals surface area contributed by atoms with Crippen molar-refractivity contribution in [1.82, 2.24) is 4.90 Å². The van der Waals surface area contributed by atoms with Crippen LogP contribution in [0.15, 0.2) is 5.16 Å². The van der Waals surface area contributed by atoms with Crippen molar-refractivity contribution < 1.29 is 9.63 Å². The molecule has 4 nitrogen and oxygen atoms in total. The number of nitrogens with zero attached hydrogens (tertiary/aromatic N) is 2. The van der Waals surface area contributed by atoms with Crippen LogP contribution in [0.3, 0.4) is 0 Å². The molecule has 1 rings (SSSR count). The van der Waals surface area contributed by atoms with Gasteiger partial charge in [-0.1, -0.05) is 5.16 Å². The number of rotatable bonds is 2. The Morgan fingerprint density at radius 3 is 2.67 bits per heavy atom. The summed E-state index contributed by atoms with van der Waals surface area (Å²) in [5, 5.41) is 3.12. The van der Waals surface area contributed by atoms with Crippen molar-refractivity contribution in [2.45, 2.75) is 12.8 Å². The number of carbonyl (C=O) groups is 1. The molecule has 0 saturated carbocycles. The average molecular weight is 170 g/mol. The van der Waals surface area contributed by atoms with Gasteiger partial charge in [0.25, 0.3) is 0 Å². The van der Waals surface area contributed by atoms with Crippen molar-refractivity contribution in [1.29, 1.82) is 0 Å². The summed E-state index contributed by atoms with van der Waals surface area (Å²) in [5.74, 6) is -0.218. The SMILES string of the molecule is C=NOC(=O)C1CCN(C)CC1.